The minimum atomic E-state index is -0.528. The molecule has 0 aliphatic carbocycles. The summed E-state index contributed by atoms with van der Waals surface area (Å²) in [5, 5.41) is 8.07. The van der Waals surface area contributed by atoms with Crippen molar-refractivity contribution >= 4 is 23.3 Å². The summed E-state index contributed by atoms with van der Waals surface area (Å²) >= 11 is 0. The van der Waals surface area contributed by atoms with Crippen LogP contribution in [0.15, 0.2) is 30.6 Å². The molecule has 96 valence electrons. The number of hydrogen-bond donors (Lipinski definition) is 4. The third-order valence-corrected chi connectivity index (χ3v) is 2.61. The Morgan fingerprint density at radius 1 is 1.00 bits per heavy atom. The molecular weight excluding hydrogens is 244 g/mol. The van der Waals surface area contributed by atoms with E-state index in [0.29, 0.717) is 11.1 Å². The van der Waals surface area contributed by atoms with Crippen molar-refractivity contribution in [3.05, 3.63) is 47.3 Å². The maximum absolute atomic E-state index is 11.0. The van der Waals surface area contributed by atoms with Gasteiger partial charge in [0.15, 0.2) is 0 Å². The predicted molar refractivity (Wildman–Crippen MR) is 71.7 cm³/mol. The molecule has 7 nitrogen and oxygen atoms in total. The third kappa shape index (κ3) is 2.34. The quantitative estimate of drug-likeness (QED) is 0.578. The number of primary amides is 1. The van der Waals surface area contributed by atoms with Crippen molar-refractivity contribution in [2.45, 2.75) is 0 Å². The van der Waals surface area contributed by atoms with Crippen LogP contribution in [-0.2, 0) is 0 Å². The topological polar surface area (TPSA) is 145 Å². The number of nitrogen functional groups attached to an aromatic ring is 2. The zero-order valence-electron chi connectivity index (χ0n) is 9.92. The molecule has 0 atom stereocenters. The largest absolute Gasteiger partial charge is 0.383 e. The van der Waals surface area contributed by atoms with Crippen molar-refractivity contribution in [3.63, 3.8) is 0 Å². The lowest BCUT2D eigenvalue weighted by Gasteiger charge is -2.09. The highest BCUT2D eigenvalue weighted by molar-refractivity contribution is 6.16. The summed E-state index contributed by atoms with van der Waals surface area (Å²) < 4.78 is 0. The molecule has 0 aliphatic heterocycles. The molecule has 7 heteroatoms. The van der Waals surface area contributed by atoms with Gasteiger partial charge in [0.2, 0.25) is 5.91 Å². The maximum atomic E-state index is 11.0. The van der Waals surface area contributed by atoms with Crippen LogP contribution in [-0.4, -0.2) is 21.6 Å². The third-order valence-electron chi connectivity index (χ3n) is 2.61. The minimum Gasteiger partial charge on any atom is -0.383 e. The molecule has 0 saturated heterocycles. The first-order valence-corrected chi connectivity index (χ1v) is 5.36. The molecule has 1 aromatic heterocycles. The van der Waals surface area contributed by atoms with Crippen LogP contribution in [0, 0.1) is 5.41 Å². The molecule has 0 radical (unpaired) electrons. The second-order valence-corrected chi connectivity index (χ2v) is 3.84. The maximum Gasteiger partial charge on any atom is 0.248 e. The van der Waals surface area contributed by atoms with Crippen LogP contribution in [0.1, 0.15) is 21.5 Å². The summed E-state index contributed by atoms with van der Waals surface area (Å²) in [6.45, 7) is 0. The Hall–Kier alpha value is -2.96. The van der Waals surface area contributed by atoms with E-state index in [2.05, 4.69) is 9.97 Å². The van der Waals surface area contributed by atoms with Gasteiger partial charge < -0.3 is 17.2 Å². The van der Waals surface area contributed by atoms with Crippen LogP contribution in [0.4, 0.5) is 11.6 Å². The molecule has 0 spiro atoms. The van der Waals surface area contributed by atoms with Crippen LogP contribution in [0.2, 0.25) is 0 Å². The van der Waals surface area contributed by atoms with E-state index in [-0.39, 0.29) is 22.9 Å². The van der Waals surface area contributed by atoms with Crippen molar-refractivity contribution in [2.75, 3.05) is 11.5 Å². The fourth-order valence-corrected chi connectivity index (χ4v) is 1.62. The van der Waals surface area contributed by atoms with Crippen LogP contribution >= 0.6 is 0 Å². The van der Waals surface area contributed by atoms with Crippen molar-refractivity contribution in [3.8, 4) is 0 Å². The van der Waals surface area contributed by atoms with Crippen LogP contribution in [0.5, 0.6) is 0 Å². The first-order valence-electron chi connectivity index (χ1n) is 5.36. The Morgan fingerprint density at radius 3 is 1.95 bits per heavy atom. The number of hydrogen-bond acceptors (Lipinski definition) is 6. The Morgan fingerprint density at radius 2 is 1.47 bits per heavy atom. The first kappa shape index (κ1) is 12.5. The van der Waals surface area contributed by atoms with E-state index in [1.54, 1.807) is 12.1 Å². The lowest BCUT2D eigenvalue weighted by molar-refractivity contribution is 0.100. The Balaban J connectivity index is 2.42. The fourth-order valence-electron chi connectivity index (χ4n) is 1.62. The summed E-state index contributed by atoms with van der Waals surface area (Å²) in [5.74, 6) is -0.256. The van der Waals surface area contributed by atoms with Gasteiger partial charge in [0, 0.05) is 11.1 Å². The van der Waals surface area contributed by atoms with Gasteiger partial charge in [-0.1, -0.05) is 12.1 Å². The monoisotopic (exact) mass is 256 g/mol. The van der Waals surface area contributed by atoms with Gasteiger partial charge in [-0.25, -0.2) is 9.97 Å². The van der Waals surface area contributed by atoms with Gasteiger partial charge in [-0.3, -0.25) is 10.2 Å². The van der Waals surface area contributed by atoms with Crippen LogP contribution in [0.3, 0.4) is 0 Å². The number of carbonyl (C=O) groups excluding carboxylic acids is 1. The lowest BCUT2D eigenvalue weighted by atomic mass is 10.0. The lowest BCUT2D eigenvalue weighted by Crippen LogP contribution is -2.13. The second kappa shape index (κ2) is 4.73. The van der Waals surface area contributed by atoms with E-state index < -0.39 is 5.91 Å². The van der Waals surface area contributed by atoms with Crippen molar-refractivity contribution in [2.24, 2.45) is 5.73 Å². The van der Waals surface area contributed by atoms with E-state index >= 15 is 0 Å². The molecule has 0 saturated carbocycles. The van der Waals surface area contributed by atoms with Crippen molar-refractivity contribution in [1.82, 2.24) is 9.97 Å². The molecule has 19 heavy (non-hydrogen) atoms. The van der Waals surface area contributed by atoms with E-state index in [0.717, 1.165) is 0 Å². The average molecular weight is 256 g/mol. The molecule has 1 amide bonds. The molecule has 1 heterocycles. The SMILES string of the molecule is N=C(c1ccc(C(N)=O)cc1)c1c(N)ncnc1N. The van der Waals surface area contributed by atoms with E-state index in [1.165, 1.54) is 18.5 Å². The van der Waals surface area contributed by atoms with Gasteiger partial charge >= 0.3 is 0 Å². The fraction of sp³-hybridized carbons (Fsp3) is 0. The number of nitrogens with one attached hydrogen (secondary N) is 1. The second-order valence-electron chi connectivity index (χ2n) is 3.84. The highest BCUT2D eigenvalue weighted by Crippen LogP contribution is 2.19. The Bertz CT molecular complexity index is 630. The number of benzene rings is 1. The summed E-state index contributed by atoms with van der Waals surface area (Å²) in [4.78, 5) is 18.6. The Labute approximate surface area is 109 Å². The molecule has 2 aromatic rings. The zero-order chi connectivity index (χ0) is 14.0. The van der Waals surface area contributed by atoms with Crippen molar-refractivity contribution < 1.29 is 4.79 Å². The van der Waals surface area contributed by atoms with Gasteiger partial charge in [0.1, 0.15) is 18.0 Å². The summed E-state index contributed by atoms with van der Waals surface area (Å²) in [6.07, 6.45) is 1.23. The first-order chi connectivity index (χ1) is 9.00. The Kier molecular flexibility index (Phi) is 3.11. The number of nitrogens with zero attached hydrogens (tertiary/aromatic N) is 2. The van der Waals surface area contributed by atoms with Gasteiger partial charge in [0.05, 0.1) is 11.3 Å². The number of carbonyl (C=O) groups is 1. The number of anilines is 2. The van der Waals surface area contributed by atoms with E-state index in [1.807, 2.05) is 0 Å². The van der Waals surface area contributed by atoms with Gasteiger partial charge in [0.25, 0.3) is 0 Å². The van der Waals surface area contributed by atoms with Gasteiger partial charge in [-0.05, 0) is 12.1 Å². The highest BCUT2D eigenvalue weighted by Gasteiger charge is 2.14. The zero-order valence-corrected chi connectivity index (χ0v) is 9.92. The number of nitrogens with two attached hydrogens (primary N) is 3. The summed E-state index contributed by atoms with van der Waals surface area (Å²) in [6, 6.07) is 6.24. The van der Waals surface area contributed by atoms with E-state index in [4.69, 9.17) is 22.6 Å². The average Bonchev–Trinajstić information content (AvgIpc) is 2.38. The molecule has 0 unspecified atom stereocenters. The summed E-state index contributed by atoms with van der Waals surface area (Å²) in [5.41, 5.74) is 17.8. The number of amides is 1. The van der Waals surface area contributed by atoms with Gasteiger partial charge in [-0.15, -0.1) is 0 Å². The predicted octanol–water partition coefficient (Wildman–Crippen LogP) is 0.156. The normalized spacial score (nSPS) is 10.1. The minimum absolute atomic E-state index is 0.0895. The van der Waals surface area contributed by atoms with Crippen LogP contribution < -0.4 is 17.2 Å². The van der Waals surface area contributed by atoms with E-state index in [9.17, 15) is 4.79 Å². The highest BCUT2D eigenvalue weighted by atomic mass is 16.1. The molecule has 1 aromatic carbocycles. The molecule has 7 N–H and O–H groups in total. The standard InChI is InChI=1S/C12H12N6O/c13-9(8-10(14)17-5-18-11(8)15)6-1-3-7(4-2-6)12(16)19/h1-5,13H,(H2,16,19)(H4,14,15,17,18). The molecule has 0 fully saturated rings. The molecule has 0 bridgehead atoms. The summed E-state index contributed by atoms with van der Waals surface area (Å²) in [7, 11) is 0. The number of rotatable bonds is 3. The van der Waals surface area contributed by atoms with Gasteiger partial charge in [-0.2, -0.15) is 0 Å². The molecule has 2 rings (SSSR count). The smallest absolute Gasteiger partial charge is 0.248 e. The number of aromatic nitrogens is 2. The molecule has 0 aliphatic rings. The van der Waals surface area contributed by atoms with Crippen LogP contribution in [0.25, 0.3) is 0 Å². The van der Waals surface area contributed by atoms with Crippen molar-refractivity contribution in [1.29, 1.82) is 5.41 Å². The molecular formula is C12H12N6O.